The van der Waals surface area contributed by atoms with Gasteiger partial charge in [0.05, 0.1) is 6.61 Å². The van der Waals surface area contributed by atoms with E-state index in [-0.39, 0.29) is 25.2 Å². The highest BCUT2D eigenvalue weighted by Gasteiger charge is 2.16. The summed E-state index contributed by atoms with van der Waals surface area (Å²) in [5.74, 6) is -0.609. The van der Waals surface area contributed by atoms with Crippen molar-refractivity contribution in [2.75, 3.05) is 13.2 Å². The van der Waals surface area contributed by atoms with E-state index in [1.807, 2.05) is 0 Å². The normalized spacial score (nSPS) is 13.3. The Morgan fingerprint density at radius 3 is 0.811 bits per heavy atom. The van der Waals surface area contributed by atoms with Crippen molar-refractivity contribution in [2.45, 2.75) is 264 Å². The third-order valence-electron chi connectivity index (χ3n) is 12.6. The molecule has 0 aliphatic carbocycles. The molecule has 0 saturated heterocycles. The van der Waals surface area contributed by atoms with Crippen LogP contribution in [0.5, 0.6) is 0 Å². The van der Waals surface area contributed by atoms with Crippen LogP contribution in [0.25, 0.3) is 0 Å². The zero-order chi connectivity index (χ0) is 53.4. The van der Waals surface area contributed by atoms with Gasteiger partial charge in [-0.2, -0.15) is 0 Å². The van der Waals surface area contributed by atoms with Crippen molar-refractivity contribution in [1.82, 2.24) is 0 Å². The first-order chi connectivity index (χ1) is 36.6. The molecule has 0 aliphatic rings. The second-order valence-corrected chi connectivity index (χ2v) is 19.7. The van der Waals surface area contributed by atoms with E-state index in [0.717, 1.165) is 122 Å². The van der Waals surface area contributed by atoms with Crippen LogP contribution in [0.4, 0.5) is 0 Å². The Bertz CT molecular complexity index is 1580. The molecule has 0 aliphatic heterocycles. The van der Waals surface area contributed by atoms with E-state index in [9.17, 15) is 14.7 Å². The highest BCUT2D eigenvalue weighted by atomic mass is 16.6. The smallest absolute Gasteiger partial charge is 0.306 e. The van der Waals surface area contributed by atoms with Crippen LogP contribution >= 0.6 is 0 Å². The summed E-state index contributed by atoms with van der Waals surface area (Å²) in [7, 11) is 0. The van der Waals surface area contributed by atoms with E-state index < -0.39 is 6.10 Å². The molecule has 0 saturated carbocycles. The first kappa shape index (κ1) is 69.8. The number of aliphatic hydroxyl groups is 1. The molecule has 1 atom stereocenters. The van der Waals surface area contributed by atoms with Gasteiger partial charge in [-0.15, -0.1) is 0 Å². The Hall–Kier alpha value is -4.22. The molecule has 0 radical (unpaired) electrons. The number of carbonyl (C=O) groups excluding carboxylic acids is 2. The molecular weight excluding hydrogens is 909 g/mol. The second kappa shape index (κ2) is 63.1. The van der Waals surface area contributed by atoms with Crippen molar-refractivity contribution in [3.63, 3.8) is 0 Å². The Kier molecular flexibility index (Phi) is 59.5. The zero-order valence-electron chi connectivity index (χ0n) is 47.8. The Morgan fingerprint density at radius 2 is 0.541 bits per heavy atom. The van der Waals surface area contributed by atoms with Crippen LogP contribution in [0.1, 0.15) is 258 Å². The summed E-state index contributed by atoms with van der Waals surface area (Å²) in [6.07, 6.45) is 95.5. The van der Waals surface area contributed by atoms with Crippen molar-refractivity contribution in [3.05, 3.63) is 146 Å². The van der Waals surface area contributed by atoms with Crippen LogP contribution in [0.15, 0.2) is 146 Å². The molecule has 0 rings (SSSR count). The summed E-state index contributed by atoms with van der Waals surface area (Å²) < 4.78 is 10.7. The molecule has 74 heavy (non-hydrogen) atoms. The fourth-order valence-corrected chi connectivity index (χ4v) is 8.15. The van der Waals surface area contributed by atoms with Crippen molar-refractivity contribution < 1.29 is 24.2 Å². The van der Waals surface area contributed by atoms with Gasteiger partial charge in [-0.1, -0.05) is 275 Å². The third kappa shape index (κ3) is 60.3. The van der Waals surface area contributed by atoms with Crippen LogP contribution < -0.4 is 0 Å². The van der Waals surface area contributed by atoms with Gasteiger partial charge in [0.2, 0.25) is 0 Å². The minimum atomic E-state index is -0.787. The third-order valence-corrected chi connectivity index (χ3v) is 12.6. The number of rotatable bonds is 54. The number of carbonyl (C=O) groups is 2. The van der Waals surface area contributed by atoms with E-state index in [2.05, 4.69) is 160 Å². The molecule has 1 unspecified atom stereocenters. The van der Waals surface area contributed by atoms with Gasteiger partial charge in [0, 0.05) is 12.8 Å². The van der Waals surface area contributed by atoms with Crippen LogP contribution in [0.2, 0.25) is 0 Å². The van der Waals surface area contributed by atoms with E-state index in [4.69, 9.17) is 9.47 Å². The number of allylic oxidation sites excluding steroid dienone is 24. The van der Waals surface area contributed by atoms with Crippen LogP contribution in [0.3, 0.4) is 0 Å². The summed E-state index contributed by atoms with van der Waals surface area (Å²) in [6.45, 7) is 3.90. The lowest BCUT2D eigenvalue weighted by Gasteiger charge is -2.15. The SMILES string of the molecule is CC/C=C\C/C=C\C/C=C\C/C=C\C/C=C\C/C=C\C/C=C\C/C=C\CCCCCCCCCCCCCCCCCCC(=O)OC(CO)COC(=O)CCCCCCCC/C=C\C/C=C\C/C=C\C/C=C\CC. The summed E-state index contributed by atoms with van der Waals surface area (Å²) >= 11 is 0. The molecule has 0 fully saturated rings. The maximum Gasteiger partial charge on any atom is 0.306 e. The van der Waals surface area contributed by atoms with Crippen molar-refractivity contribution in [2.24, 2.45) is 0 Å². The number of hydrogen-bond acceptors (Lipinski definition) is 5. The minimum absolute atomic E-state index is 0.0792. The van der Waals surface area contributed by atoms with Crippen molar-refractivity contribution in [3.8, 4) is 0 Å². The summed E-state index contributed by atoms with van der Waals surface area (Å²) in [6, 6.07) is 0. The predicted octanol–water partition coefficient (Wildman–Crippen LogP) is 21.0. The van der Waals surface area contributed by atoms with Gasteiger partial charge in [0.15, 0.2) is 6.10 Å². The maximum absolute atomic E-state index is 12.3. The molecule has 0 bridgehead atoms. The lowest BCUT2D eigenvalue weighted by molar-refractivity contribution is -0.161. The van der Waals surface area contributed by atoms with Gasteiger partial charge in [-0.25, -0.2) is 0 Å². The van der Waals surface area contributed by atoms with Crippen LogP contribution in [-0.4, -0.2) is 36.4 Å². The van der Waals surface area contributed by atoms with E-state index in [0.29, 0.717) is 12.8 Å². The zero-order valence-corrected chi connectivity index (χ0v) is 47.8. The van der Waals surface area contributed by atoms with Gasteiger partial charge in [0.1, 0.15) is 6.61 Å². The van der Waals surface area contributed by atoms with Gasteiger partial charge in [0.25, 0.3) is 0 Å². The topological polar surface area (TPSA) is 72.8 Å². The Balaban J connectivity index is 3.52. The average Bonchev–Trinajstić information content (AvgIpc) is 3.40. The highest BCUT2D eigenvalue weighted by molar-refractivity contribution is 5.70. The molecule has 418 valence electrons. The molecular formula is C69H112O5. The quantitative estimate of drug-likeness (QED) is 0.0373. The fraction of sp³-hybridized carbons (Fsp3) is 0.623. The number of ether oxygens (including phenoxy) is 2. The van der Waals surface area contributed by atoms with E-state index in [1.54, 1.807) is 0 Å². The first-order valence-electron chi connectivity index (χ1n) is 30.4. The van der Waals surface area contributed by atoms with Gasteiger partial charge in [-0.3, -0.25) is 9.59 Å². The van der Waals surface area contributed by atoms with E-state index in [1.165, 1.54) is 109 Å². The predicted molar refractivity (Wildman–Crippen MR) is 324 cm³/mol. The molecule has 5 heteroatoms. The molecule has 0 heterocycles. The van der Waals surface area contributed by atoms with Crippen LogP contribution in [0, 0.1) is 0 Å². The summed E-state index contributed by atoms with van der Waals surface area (Å²) in [5.41, 5.74) is 0. The Morgan fingerprint density at radius 1 is 0.311 bits per heavy atom. The van der Waals surface area contributed by atoms with Gasteiger partial charge in [-0.05, 0) is 116 Å². The molecule has 0 spiro atoms. The van der Waals surface area contributed by atoms with Gasteiger partial charge >= 0.3 is 11.9 Å². The monoisotopic (exact) mass is 1020 g/mol. The lowest BCUT2D eigenvalue weighted by Crippen LogP contribution is -2.28. The number of esters is 2. The molecule has 0 amide bonds. The largest absolute Gasteiger partial charge is 0.462 e. The lowest BCUT2D eigenvalue weighted by atomic mass is 10.0. The summed E-state index contributed by atoms with van der Waals surface area (Å²) in [5, 5.41) is 9.66. The fourth-order valence-electron chi connectivity index (χ4n) is 8.15. The second-order valence-electron chi connectivity index (χ2n) is 19.7. The molecule has 5 nitrogen and oxygen atoms in total. The molecule has 1 N–H and O–H groups in total. The van der Waals surface area contributed by atoms with Crippen molar-refractivity contribution in [1.29, 1.82) is 0 Å². The number of hydrogen-bond donors (Lipinski definition) is 1. The molecule has 0 aromatic carbocycles. The highest BCUT2D eigenvalue weighted by Crippen LogP contribution is 2.16. The number of aliphatic hydroxyl groups excluding tert-OH is 1. The number of unbranched alkanes of at least 4 members (excludes halogenated alkanes) is 22. The van der Waals surface area contributed by atoms with Gasteiger partial charge < -0.3 is 14.6 Å². The van der Waals surface area contributed by atoms with E-state index >= 15 is 0 Å². The average molecular weight is 1020 g/mol. The molecule has 0 aromatic rings. The molecule has 0 aromatic heterocycles. The Labute approximate surface area is 457 Å². The summed E-state index contributed by atoms with van der Waals surface area (Å²) in [4.78, 5) is 24.5. The maximum atomic E-state index is 12.3. The first-order valence-corrected chi connectivity index (χ1v) is 30.4. The van der Waals surface area contributed by atoms with Crippen molar-refractivity contribution >= 4 is 11.9 Å². The van der Waals surface area contributed by atoms with Crippen LogP contribution in [-0.2, 0) is 19.1 Å². The minimum Gasteiger partial charge on any atom is -0.462 e. The standard InChI is InChI=1S/C69H112O5/c1-3-5-7-9-11-13-15-17-19-21-23-24-25-26-27-28-29-30-31-32-33-34-35-36-37-38-39-40-41-42-43-44-46-48-50-52-54-56-58-60-62-64-69(72)74-67(65-70)66-73-68(71)63-61-59-57-55-53-51-49-47-45-22-20-18-16-14-12-10-8-6-4-2/h5-8,11-14,17-20,23-24,26-27,29-30,32-33,35-36,45,47,67,70H,3-4,9-10,15-16,21-22,25,28,31,34,37-44,46,48-66H2,1-2H3/b7-5-,8-6-,13-11-,14-12-,19-17-,20-18-,24-23-,27-26-,30-29-,33-32-,36-35-,47-45-.